The number of aryl methyl sites for hydroxylation is 1. The van der Waals surface area contributed by atoms with Gasteiger partial charge in [0.05, 0.1) is 11.7 Å². The standard InChI is InChI=1S/C29H28BrF3N6O3/c30-23-11-17-3-4-19(28(42)39(15-29(31,32)33)14-22(17)21-13-35-37-25(21)23)12-24(40)38-8-5-16(6-9-38)20-10-18-2-1-7-34-26(18)36-27(20)41/h1-2,7,10-11,13,16,19H,3-6,8-9,12,14-15H2,(H,35,37)(H,34,36,41)/t19-/m0/s1. The number of hydrogen-bond acceptors (Lipinski definition) is 5. The van der Waals surface area contributed by atoms with Crippen molar-refractivity contribution in [2.45, 2.75) is 50.7 Å². The summed E-state index contributed by atoms with van der Waals surface area (Å²) < 4.78 is 41.5. The fraction of sp³-hybridized carbons (Fsp3) is 0.414. The lowest BCUT2D eigenvalue weighted by Crippen LogP contribution is -2.45. The zero-order chi connectivity index (χ0) is 29.6. The first kappa shape index (κ1) is 28.4. The van der Waals surface area contributed by atoms with Crippen LogP contribution in [0.2, 0.25) is 0 Å². The minimum absolute atomic E-state index is 0.0394. The van der Waals surface area contributed by atoms with Crippen LogP contribution in [0.3, 0.4) is 0 Å². The number of halogens is 4. The number of piperidine rings is 1. The van der Waals surface area contributed by atoms with E-state index in [4.69, 9.17) is 0 Å². The van der Waals surface area contributed by atoms with Crippen molar-refractivity contribution in [2.24, 2.45) is 5.92 Å². The number of aromatic amines is 2. The number of carbonyl (C=O) groups is 2. The number of fused-ring (bicyclic) bond motifs is 4. The van der Waals surface area contributed by atoms with E-state index >= 15 is 0 Å². The highest BCUT2D eigenvalue weighted by atomic mass is 79.9. The molecule has 1 atom stereocenters. The van der Waals surface area contributed by atoms with Gasteiger partial charge in [-0.25, -0.2) is 4.98 Å². The van der Waals surface area contributed by atoms with Crippen molar-refractivity contribution >= 4 is 49.7 Å². The Morgan fingerprint density at radius 2 is 1.93 bits per heavy atom. The molecule has 2 aliphatic heterocycles. The second-order valence-corrected chi connectivity index (χ2v) is 11.9. The number of alkyl halides is 3. The lowest BCUT2D eigenvalue weighted by Gasteiger charge is -2.35. The first-order valence-corrected chi connectivity index (χ1v) is 14.6. The molecule has 42 heavy (non-hydrogen) atoms. The summed E-state index contributed by atoms with van der Waals surface area (Å²) >= 11 is 3.50. The van der Waals surface area contributed by atoms with E-state index in [0.717, 1.165) is 20.3 Å². The van der Waals surface area contributed by atoms with Gasteiger partial charge in [-0.1, -0.05) is 0 Å². The van der Waals surface area contributed by atoms with Crippen molar-refractivity contribution in [1.29, 1.82) is 0 Å². The fourth-order valence-electron chi connectivity index (χ4n) is 6.25. The predicted octanol–water partition coefficient (Wildman–Crippen LogP) is 4.81. The Hall–Kier alpha value is -3.74. The zero-order valence-electron chi connectivity index (χ0n) is 22.5. The number of rotatable bonds is 4. The molecular weight excluding hydrogens is 617 g/mol. The van der Waals surface area contributed by atoms with Crippen molar-refractivity contribution in [3.8, 4) is 0 Å². The average molecular weight is 645 g/mol. The number of pyridine rings is 2. The van der Waals surface area contributed by atoms with Gasteiger partial charge in [-0.3, -0.25) is 19.5 Å². The molecule has 1 saturated heterocycles. The van der Waals surface area contributed by atoms with Gasteiger partial charge in [0.2, 0.25) is 11.8 Å². The number of hydrogen-bond donors (Lipinski definition) is 2. The van der Waals surface area contributed by atoms with Gasteiger partial charge in [-0.05, 0) is 82.9 Å². The van der Waals surface area contributed by atoms with E-state index in [1.165, 1.54) is 0 Å². The molecule has 3 aromatic heterocycles. The van der Waals surface area contributed by atoms with Crippen LogP contribution in [-0.2, 0) is 22.6 Å². The molecule has 0 radical (unpaired) electrons. The smallest absolute Gasteiger partial charge is 0.343 e. The molecule has 1 fully saturated rings. The van der Waals surface area contributed by atoms with Gasteiger partial charge < -0.3 is 14.8 Å². The van der Waals surface area contributed by atoms with Crippen molar-refractivity contribution in [3.63, 3.8) is 0 Å². The number of amides is 2. The van der Waals surface area contributed by atoms with Crippen LogP contribution in [0.1, 0.15) is 48.3 Å². The Labute approximate surface area is 246 Å². The van der Waals surface area contributed by atoms with Crippen molar-refractivity contribution in [2.75, 3.05) is 19.6 Å². The van der Waals surface area contributed by atoms with Crippen molar-refractivity contribution in [1.82, 2.24) is 30.0 Å². The number of H-pyrrole nitrogens is 2. The van der Waals surface area contributed by atoms with E-state index < -0.39 is 24.5 Å². The molecule has 4 aromatic rings. The zero-order valence-corrected chi connectivity index (χ0v) is 24.1. The summed E-state index contributed by atoms with van der Waals surface area (Å²) in [6, 6.07) is 7.38. The number of likely N-dealkylation sites (tertiary alicyclic amines) is 1. The van der Waals surface area contributed by atoms with Crippen LogP contribution in [0, 0.1) is 5.92 Å². The largest absolute Gasteiger partial charge is 0.406 e. The predicted molar refractivity (Wildman–Crippen MR) is 153 cm³/mol. The lowest BCUT2D eigenvalue weighted by atomic mass is 9.87. The highest BCUT2D eigenvalue weighted by Gasteiger charge is 2.38. The molecule has 13 heteroatoms. The molecule has 0 unspecified atom stereocenters. The SMILES string of the molecule is O=C(C[C@@H]1CCc2cc(Br)c3[nH]ncc3c2CN(CC(F)(F)F)C1=O)N1CCC(c2cc3cccnc3[nH]c2=O)CC1. The maximum atomic E-state index is 13.6. The summed E-state index contributed by atoms with van der Waals surface area (Å²) in [5.41, 5.74) is 3.08. The van der Waals surface area contributed by atoms with Gasteiger partial charge in [-0.15, -0.1) is 0 Å². The Kier molecular flexibility index (Phi) is 7.54. The number of nitrogens with zero attached hydrogens (tertiary/aromatic N) is 4. The van der Waals surface area contributed by atoms with Crippen LogP contribution in [0.4, 0.5) is 13.2 Å². The van der Waals surface area contributed by atoms with Crippen LogP contribution < -0.4 is 5.56 Å². The summed E-state index contributed by atoms with van der Waals surface area (Å²) in [6.07, 6.45) is 0.255. The van der Waals surface area contributed by atoms with Crippen LogP contribution in [-0.4, -0.2) is 67.6 Å². The topological polar surface area (TPSA) is 115 Å². The first-order valence-electron chi connectivity index (χ1n) is 13.8. The fourth-order valence-corrected chi connectivity index (χ4v) is 6.82. The molecule has 1 aromatic carbocycles. The quantitative estimate of drug-likeness (QED) is 0.331. The van der Waals surface area contributed by atoms with Gasteiger partial charge in [0.25, 0.3) is 5.56 Å². The summed E-state index contributed by atoms with van der Waals surface area (Å²) in [5.74, 6) is -1.84. The summed E-state index contributed by atoms with van der Waals surface area (Å²) in [6.45, 7) is -0.819. The van der Waals surface area contributed by atoms with Gasteiger partial charge in [0.15, 0.2) is 0 Å². The van der Waals surface area contributed by atoms with Crippen LogP contribution >= 0.6 is 15.9 Å². The molecular formula is C29H28BrF3N6O3. The minimum atomic E-state index is -4.59. The van der Waals surface area contributed by atoms with E-state index in [1.54, 1.807) is 23.4 Å². The molecule has 0 saturated carbocycles. The maximum absolute atomic E-state index is 13.6. The molecule has 0 aliphatic carbocycles. The molecule has 2 N–H and O–H groups in total. The third-order valence-corrected chi connectivity index (χ3v) is 9.01. The molecule has 6 rings (SSSR count). The number of aromatic nitrogens is 4. The summed E-state index contributed by atoms with van der Waals surface area (Å²) in [5, 5.41) is 8.39. The Morgan fingerprint density at radius 1 is 1.14 bits per heavy atom. The van der Waals surface area contributed by atoms with E-state index in [2.05, 4.69) is 36.1 Å². The lowest BCUT2D eigenvalue weighted by molar-refractivity contribution is -0.166. The average Bonchev–Trinajstić information content (AvgIpc) is 3.45. The van der Waals surface area contributed by atoms with Crippen LogP contribution in [0.25, 0.3) is 21.9 Å². The van der Waals surface area contributed by atoms with Crippen LogP contribution in [0.5, 0.6) is 0 Å². The Bertz CT molecular complexity index is 1730. The van der Waals surface area contributed by atoms with E-state index in [1.807, 2.05) is 18.2 Å². The van der Waals surface area contributed by atoms with E-state index in [0.29, 0.717) is 60.0 Å². The molecule has 2 amide bonds. The number of benzene rings is 1. The summed E-state index contributed by atoms with van der Waals surface area (Å²) in [7, 11) is 0. The highest BCUT2D eigenvalue weighted by molar-refractivity contribution is 9.10. The van der Waals surface area contributed by atoms with E-state index in [-0.39, 0.29) is 36.8 Å². The maximum Gasteiger partial charge on any atom is 0.406 e. The molecule has 2 aliphatic rings. The molecule has 220 valence electrons. The molecule has 0 bridgehead atoms. The van der Waals surface area contributed by atoms with Gasteiger partial charge in [-0.2, -0.15) is 18.3 Å². The normalized spacial score (nSPS) is 18.8. The van der Waals surface area contributed by atoms with Gasteiger partial charge in [0.1, 0.15) is 12.2 Å². The summed E-state index contributed by atoms with van der Waals surface area (Å²) in [4.78, 5) is 49.1. The molecule has 0 spiro atoms. The second-order valence-electron chi connectivity index (χ2n) is 11.1. The van der Waals surface area contributed by atoms with E-state index in [9.17, 15) is 27.6 Å². The third kappa shape index (κ3) is 5.66. The number of nitrogens with one attached hydrogen (secondary N) is 2. The second kappa shape index (κ2) is 11.2. The van der Waals surface area contributed by atoms with Gasteiger partial charge in [0, 0.05) is 59.0 Å². The number of carbonyl (C=O) groups excluding carboxylic acids is 2. The van der Waals surface area contributed by atoms with Crippen LogP contribution in [0.15, 0.2) is 45.9 Å². The monoisotopic (exact) mass is 644 g/mol. The molecule has 9 nitrogen and oxygen atoms in total. The molecule has 5 heterocycles. The third-order valence-electron chi connectivity index (χ3n) is 8.39. The van der Waals surface area contributed by atoms with Gasteiger partial charge >= 0.3 is 6.18 Å². The van der Waals surface area contributed by atoms with Crippen molar-refractivity contribution < 1.29 is 22.8 Å². The minimum Gasteiger partial charge on any atom is -0.343 e. The first-order chi connectivity index (χ1) is 20.1. The van der Waals surface area contributed by atoms with Crippen molar-refractivity contribution in [3.05, 3.63) is 68.2 Å². The highest BCUT2D eigenvalue weighted by Crippen LogP contribution is 2.35. The Morgan fingerprint density at radius 3 is 2.69 bits per heavy atom. The Balaban J connectivity index is 1.18.